The maximum absolute atomic E-state index is 5.59. The molecular weight excluding hydrogens is 126 g/mol. The fourth-order valence-corrected chi connectivity index (χ4v) is 0.629. The Morgan fingerprint density at radius 2 is 2.62 bits per heavy atom. The minimum absolute atomic E-state index is 0.526. The molecule has 0 atom stereocenters. The van der Waals surface area contributed by atoms with Gasteiger partial charge in [-0.05, 0) is 0 Å². The average molecular weight is 134 g/mol. The first kappa shape index (κ1) is 6.08. The van der Waals surface area contributed by atoms with E-state index >= 15 is 0 Å². The van der Waals surface area contributed by atoms with Crippen molar-refractivity contribution in [3.05, 3.63) is 11.1 Å². The van der Waals surface area contributed by atoms with E-state index in [0.717, 1.165) is 11.6 Å². The molecule has 0 radical (unpaired) electrons. The van der Waals surface area contributed by atoms with Crippen LogP contribution in [0.5, 0.6) is 0 Å². The van der Waals surface area contributed by atoms with E-state index in [2.05, 4.69) is 0 Å². The third-order valence-corrected chi connectivity index (χ3v) is 1.26. The number of hydrogen-bond donors (Lipinski definition) is 0. The van der Waals surface area contributed by atoms with Gasteiger partial charge in [-0.1, -0.05) is 17.7 Å². The Morgan fingerprint density at radius 1 is 1.88 bits per heavy atom. The second kappa shape index (κ2) is 2.49. The van der Waals surface area contributed by atoms with Crippen molar-refractivity contribution in [2.75, 3.05) is 20.2 Å². The molecule has 1 aliphatic rings. The Bertz CT molecular complexity index is 113. The van der Waals surface area contributed by atoms with Gasteiger partial charge < -0.3 is 0 Å². The van der Waals surface area contributed by atoms with Gasteiger partial charge in [-0.25, -0.2) is 0 Å². The monoisotopic (exact) mass is 133 g/mol. The zero-order chi connectivity index (χ0) is 5.98. The first-order valence-corrected chi connectivity index (χ1v) is 2.85. The highest BCUT2D eigenvalue weighted by Crippen LogP contribution is 2.07. The van der Waals surface area contributed by atoms with Crippen molar-refractivity contribution in [2.45, 2.75) is 0 Å². The zero-order valence-corrected chi connectivity index (χ0v) is 5.48. The van der Waals surface area contributed by atoms with Crippen molar-refractivity contribution in [1.82, 2.24) is 5.06 Å². The van der Waals surface area contributed by atoms with Crippen molar-refractivity contribution in [1.29, 1.82) is 0 Å². The average Bonchev–Trinajstić information content (AvgIpc) is 1.77. The smallest absolute Gasteiger partial charge is 0.104 e. The summed E-state index contributed by atoms with van der Waals surface area (Å²) in [6.45, 7) is 1.32. The second-order valence-corrected chi connectivity index (χ2v) is 2.22. The Morgan fingerprint density at radius 3 is 3.00 bits per heavy atom. The van der Waals surface area contributed by atoms with Crippen molar-refractivity contribution in [2.24, 2.45) is 0 Å². The molecule has 1 rings (SSSR count). The summed E-state index contributed by atoms with van der Waals surface area (Å²) in [6.07, 6.45) is 1.94. The minimum Gasteiger partial charge on any atom is -0.293 e. The molecule has 0 aromatic rings. The van der Waals surface area contributed by atoms with Gasteiger partial charge >= 0.3 is 0 Å². The number of halogens is 1. The quantitative estimate of drug-likeness (QED) is 0.489. The van der Waals surface area contributed by atoms with E-state index in [9.17, 15) is 0 Å². The normalized spacial score (nSPS) is 23.0. The molecular formula is C5H8ClNO. The summed E-state index contributed by atoms with van der Waals surface area (Å²) in [7, 11) is 1.87. The third kappa shape index (κ3) is 1.47. The van der Waals surface area contributed by atoms with Crippen LogP contribution in [0.25, 0.3) is 0 Å². The fourth-order valence-electron chi connectivity index (χ4n) is 0.511. The summed E-state index contributed by atoms with van der Waals surface area (Å²) in [5, 5.41) is 2.54. The van der Waals surface area contributed by atoms with Crippen LogP contribution in [0.15, 0.2) is 11.1 Å². The van der Waals surface area contributed by atoms with Crippen LogP contribution in [-0.2, 0) is 4.84 Å². The molecule has 0 bridgehead atoms. The maximum atomic E-state index is 5.59. The van der Waals surface area contributed by atoms with Gasteiger partial charge in [0.15, 0.2) is 0 Å². The largest absolute Gasteiger partial charge is 0.293 e. The molecule has 0 fully saturated rings. The van der Waals surface area contributed by atoms with Crippen molar-refractivity contribution in [3.8, 4) is 0 Å². The number of rotatable bonds is 0. The lowest BCUT2D eigenvalue weighted by Gasteiger charge is -2.18. The molecule has 0 unspecified atom stereocenters. The van der Waals surface area contributed by atoms with Gasteiger partial charge in [0.2, 0.25) is 0 Å². The Kier molecular flexibility index (Phi) is 1.89. The third-order valence-electron chi connectivity index (χ3n) is 0.993. The highest BCUT2D eigenvalue weighted by Gasteiger charge is 2.03. The van der Waals surface area contributed by atoms with Crippen LogP contribution in [0.3, 0.4) is 0 Å². The van der Waals surface area contributed by atoms with Gasteiger partial charge in [-0.15, -0.1) is 0 Å². The molecule has 0 aromatic heterocycles. The molecule has 1 aliphatic heterocycles. The van der Waals surface area contributed by atoms with Gasteiger partial charge in [0.1, 0.15) is 6.61 Å². The van der Waals surface area contributed by atoms with Gasteiger partial charge in [0.25, 0.3) is 0 Å². The predicted molar refractivity (Wildman–Crippen MR) is 32.5 cm³/mol. The second-order valence-electron chi connectivity index (χ2n) is 1.73. The van der Waals surface area contributed by atoms with E-state index in [0.29, 0.717) is 6.61 Å². The van der Waals surface area contributed by atoms with Crippen molar-refractivity contribution >= 4 is 11.6 Å². The molecule has 0 N–H and O–H groups in total. The van der Waals surface area contributed by atoms with E-state index in [1.807, 2.05) is 13.1 Å². The predicted octanol–water partition coefficient (Wildman–Crippen LogP) is 0.986. The van der Waals surface area contributed by atoms with E-state index in [4.69, 9.17) is 16.4 Å². The molecule has 3 heteroatoms. The first-order chi connectivity index (χ1) is 3.79. The first-order valence-electron chi connectivity index (χ1n) is 2.47. The number of hydroxylamine groups is 2. The van der Waals surface area contributed by atoms with Crippen LogP contribution >= 0.6 is 11.6 Å². The molecule has 0 amide bonds. The van der Waals surface area contributed by atoms with E-state index in [1.54, 1.807) is 5.06 Å². The lowest BCUT2D eigenvalue weighted by atomic mass is 10.5. The Labute approximate surface area is 53.6 Å². The van der Waals surface area contributed by atoms with Crippen LogP contribution in [0.1, 0.15) is 0 Å². The van der Waals surface area contributed by atoms with Crippen LogP contribution in [0.2, 0.25) is 0 Å². The molecule has 0 aliphatic carbocycles. The lowest BCUT2D eigenvalue weighted by Crippen LogP contribution is -2.23. The van der Waals surface area contributed by atoms with Gasteiger partial charge in [-0.3, -0.25) is 4.84 Å². The SMILES string of the molecule is CN1CC=C(Cl)CO1. The lowest BCUT2D eigenvalue weighted by molar-refractivity contribution is -0.127. The molecule has 0 saturated heterocycles. The summed E-state index contributed by atoms with van der Waals surface area (Å²) in [6, 6.07) is 0. The number of likely N-dealkylation sites (N-methyl/N-ethyl adjacent to an activating group) is 1. The van der Waals surface area contributed by atoms with Crippen LogP contribution in [-0.4, -0.2) is 25.3 Å². The number of hydrogen-bond acceptors (Lipinski definition) is 2. The highest BCUT2D eigenvalue weighted by atomic mass is 35.5. The molecule has 0 saturated carbocycles. The van der Waals surface area contributed by atoms with Crippen LogP contribution < -0.4 is 0 Å². The highest BCUT2D eigenvalue weighted by molar-refractivity contribution is 6.29. The van der Waals surface area contributed by atoms with E-state index < -0.39 is 0 Å². The molecule has 0 aromatic carbocycles. The van der Waals surface area contributed by atoms with E-state index in [-0.39, 0.29) is 0 Å². The fraction of sp³-hybridized carbons (Fsp3) is 0.600. The molecule has 1 heterocycles. The number of nitrogens with zero attached hydrogens (tertiary/aromatic N) is 1. The molecule has 8 heavy (non-hydrogen) atoms. The van der Waals surface area contributed by atoms with Crippen molar-refractivity contribution < 1.29 is 4.84 Å². The summed E-state index contributed by atoms with van der Waals surface area (Å²) < 4.78 is 0. The van der Waals surface area contributed by atoms with Gasteiger partial charge in [0, 0.05) is 18.6 Å². The summed E-state index contributed by atoms with van der Waals surface area (Å²) in [5.74, 6) is 0. The molecule has 2 nitrogen and oxygen atoms in total. The topological polar surface area (TPSA) is 12.5 Å². The Hall–Kier alpha value is -0.0500. The van der Waals surface area contributed by atoms with Crippen molar-refractivity contribution in [3.63, 3.8) is 0 Å². The van der Waals surface area contributed by atoms with Crippen LogP contribution in [0, 0.1) is 0 Å². The van der Waals surface area contributed by atoms with Crippen LogP contribution in [0.4, 0.5) is 0 Å². The van der Waals surface area contributed by atoms with Gasteiger partial charge in [-0.2, -0.15) is 5.06 Å². The standard InChI is InChI=1S/C5H8ClNO/c1-7-3-2-5(6)4-8-7/h2H,3-4H2,1H3. The van der Waals surface area contributed by atoms with E-state index in [1.165, 1.54) is 0 Å². The molecule has 0 spiro atoms. The van der Waals surface area contributed by atoms with Gasteiger partial charge in [0.05, 0.1) is 0 Å². The summed E-state index contributed by atoms with van der Waals surface area (Å²) in [5.41, 5.74) is 0. The summed E-state index contributed by atoms with van der Waals surface area (Å²) in [4.78, 5) is 5.02. The molecule has 46 valence electrons. The maximum Gasteiger partial charge on any atom is 0.104 e. The Balaban J connectivity index is 2.42. The summed E-state index contributed by atoms with van der Waals surface area (Å²) >= 11 is 5.59. The zero-order valence-electron chi connectivity index (χ0n) is 4.72. The minimum atomic E-state index is 0.526.